The summed E-state index contributed by atoms with van der Waals surface area (Å²) in [6.45, 7) is 4.73. The molecule has 336 valence electrons. The fourth-order valence-electron chi connectivity index (χ4n) is 12.4. The topological polar surface area (TPSA) is 15.7 Å². The van der Waals surface area contributed by atoms with Gasteiger partial charge in [0.2, 0.25) is 0 Å². The summed E-state index contributed by atoms with van der Waals surface area (Å²) in [6, 6.07) is 93.3. The molecular formula is C68H48N2O. The predicted molar refractivity (Wildman–Crippen MR) is 294 cm³/mol. The van der Waals surface area contributed by atoms with Crippen molar-refractivity contribution in [2.45, 2.75) is 24.7 Å². The zero-order valence-corrected chi connectivity index (χ0v) is 39.6. The zero-order valence-electron chi connectivity index (χ0n) is 39.6. The van der Waals surface area contributed by atoms with Gasteiger partial charge in [-0.2, -0.15) is 0 Å². The fourth-order valence-corrected chi connectivity index (χ4v) is 12.4. The number of hydrogen-bond acceptors (Lipinski definition) is 3. The fraction of sp³-hybridized carbons (Fsp3) is 0.0588. The molecule has 0 amide bonds. The molecule has 0 atom stereocenters. The van der Waals surface area contributed by atoms with E-state index in [2.05, 4.69) is 278 Å². The van der Waals surface area contributed by atoms with Gasteiger partial charge < -0.3 is 14.5 Å². The van der Waals surface area contributed by atoms with Gasteiger partial charge in [-0.1, -0.05) is 208 Å². The minimum atomic E-state index is -0.578. The van der Waals surface area contributed by atoms with E-state index >= 15 is 0 Å². The second-order valence-electron chi connectivity index (χ2n) is 19.6. The third kappa shape index (κ3) is 6.03. The molecule has 0 saturated carbocycles. The zero-order chi connectivity index (χ0) is 47.3. The van der Waals surface area contributed by atoms with Crippen LogP contribution in [-0.2, 0) is 10.8 Å². The third-order valence-electron chi connectivity index (χ3n) is 15.5. The Morgan fingerprint density at radius 3 is 1.42 bits per heavy atom. The van der Waals surface area contributed by atoms with E-state index in [1.165, 1.54) is 55.6 Å². The molecule has 2 aliphatic carbocycles. The lowest BCUT2D eigenvalue weighted by atomic mass is 9.67. The van der Waals surface area contributed by atoms with Gasteiger partial charge in [0.25, 0.3) is 0 Å². The lowest BCUT2D eigenvalue weighted by molar-refractivity contribution is 0.489. The van der Waals surface area contributed by atoms with Gasteiger partial charge in [-0.15, -0.1) is 0 Å². The monoisotopic (exact) mass is 908 g/mol. The lowest BCUT2D eigenvalue weighted by Crippen LogP contribution is -2.28. The van der Waals surface area contributed by atoms with Crippen LogP contribution in [0.1, 0.15) is 47.2 Å². The van der Waals surface area contributed by atoms with E-state index in [0.29, 0.717) is 0 Å². The van der Waals surface area contributed by atoms with Crippen LogP contribution >= 0.6 is 0 Å². The summed E-state index contributed by atoms with van der Waals surface area (Å²) in [6.07, 6.45) is 0. The normalized spacial score (nSPS) is 13.8. The number of anilines is 6. The van der Waals surface area contributed by atoms with Gasteiger partial charge in [0.05, 0.1) is 16.8 Å². The van der Waals surface area contributed by atoms with E-state index in [-0.39, 0.29) is 5.41 Å². The molecule has 3 aliphatic rings. The first-order chi connectivity index (χ1) is 35.0. The molecular weight excluding hydrogens is 861 g/mol. The molecule has 0 bridgehead atoms. The Morgan fingerprint density at radius 2 is 0.775 bits per heavy atom. The highest BCUT2D eigenvalue weighted by atomic mass is 16.5. The number of hydrogen-bond donors (Lipinski definition) is 0. The number of rotatable bonds is 8. The minimum absolute atomic E-state index is 0.212. The number of ether oxygens (including phenoxy) is 1. The van der Waals surface area contributed by atoms with Crippen LogP contribution in [0, 0.1) is 0 Å². The van der Waals surface area contributed by atoms with Gasteiger partial charge in [-0.3, -0.25) is 0 Å². The molecule has 0 spiro atoms. The molecule has 11 aromatic carbocycles. The third-order valence-corrected chi connectivity index (χ3v) is 15.5. The Morgan fingerprint density at radius 1 is 0.310 bits per heavy atom. The van der Waals surface area contributed by atoms with Crippen molar-refractivity contribution < 1.29 is 4.74 Å². The Kier molecular flexibility index (Phi) is 9.15. The smallest absolute Gasteiger partial charge is 0.160 e. The maximum absolute atomic E-state index is 7.68. The summed E-state index contributed by atoms with van der Waals surface area (Å²) in [5, 5.41) is 2.22. The number of nitrogens with zero attached hydrogens (tertiary/aromatic N) is 2. The summed E-state index contributed by atoms with van der Waals surface area (Å²) in [5.74, 6) is 1.64. The molecule has 0 unspecified atom stereocenters. The van der Waals surface area contributed by atoms with E-state index in [1.807, 2.05) is 0 Å². The van der Waals surface area contributed by atoms with E-state index < -0.39 is 5.41 Å². The Bertz CT molecular complexity index is 3800. The summed E-state index contributed by atoms with van der Waals surface area (Å²) in [5.41, 5.74) is 20.3. The van der Waals surface area contributed by atoms with Gasteiger partial charge in [-0.25, -0.2) is 0 Å². The molecule has 0 radical (unpaired) electrons. The van der Waals surface area contributed by atoms with Crippen molar-refractivity contribution in [3.05, 3.63) is 288 Å². The highest BCUT2D eigenvalue weighted by Gasteiger charge is 2.46. The number of benzene rings is 11. The summed E-state index contributed by atoms with van der Waals surface area (Å²) >= 11 is 0. The SMILES string of the molecule is CC1(C)c2ccccc2-c2ccc(N(c3ccc4c(c3)C(c3ccccc3)(c3ccccc3)c3ccccc3-4)c3ccc4cccc5c4c3Oc3c-5cccc3N(c3ccccc3)c3ccccc3)cc21. The molecule has 1 heterocycles. The largest absolute Gasteiger partial charge is 0.452 e. The lowest BCUT2D eigenvalue weighted by Gasteiger charge is -2.36. The van der Waals surface area contributed by atoms with Crippen LogP contribution in [0.25, 0.3) is 44.2 Å². The van der Waals surface area contributed by atoms with Crippen molar-refractivity contribution in [1.29, 1.82) is 0 Å². The quantitative estimate of drug-likeness (QED) is 0.151. The van der Waals surface area contributed by atoms with Crippen molar-refractivity contribution >= 4 is 44.9 Å². The molecule has 3 heteroatoms. The highest BCUT2D eigenvalue weighted by molar-refractivity contribution is 6.10. The van der Waals surface area contributed by atoms with Gasteiger partial charge in [0, 0.05) is 39.1 Å². The summed E-state index contributed by atoms with van der Waals surface area (Å²) < 4.78 is 7.68. The molecule has 1 aliphatic heterocycles. The van der Waals surface area contributed by atoms with Gasteiger partial charge >= 0.3 is 0 Å². The van der Waals surface area contributed by atoms with Crippen molar-refractivity contribution in [1.82, 2.24) is 0 Å². The average molecular weight is 909 g/mol. The van der Waals surface area contributed by atoms with Crippen LogP contribution in [-0.4, -0.2) is 0 Å². The Balaban J connectivity index is 1.04. The van der Waals surface area contributed by atoms with Gasteiger partial charge in [0.15, 0.2) is 11.5 Å². The second-order valence-corrected chi connectivity index (χ2v) is 19.6. The van der Waals surface area contributed by atoms with Crippen LogP contribution in [0.15, 0.2) is 255 Å². The first-order valence-corrected chi connectivity index (χ1v) is 24.7. The number of para-hydroxylation sites is 3. The van der Waals surface area contributed by atoms with Crippen LogP contribution in [0.4, 0.5) is 34.1 Å². The minimum Gasteiger partial charge on any atom is -0.452 e. The predicted octanol–water partition coefficient (Wildman–Crippen LogP) is 18.2. The first-order valence-electron chi connectivity index (χ1n) is 24.7. The van der Waals surface area contributed by atoms with Crippen LogP contribution in [0.5, 0.6) is 11.5 Å². The van der Waals surface area contributed by atoms with Crippen LogP contribution < -0.4 is 14.5 Å². The molecule has 71 heavy (non-hydrogen) atoms. The maximum Gasteiger partial charge on any atom is 0.160 e. The van der Waals surface area contributed by atoms with E-state index in [9.17, 15) is 0 Å². The molecule has 14 rings (SSSR count). The molecule has 11 aromatic rings. The van der Waals surface area contributed by atoms with Gasteiger partial charge in [-0.05, 0) is 127 Å². The van der Waals surface area contributed by atoms with Crippen LogP contribution in [0.2, 0.25) is 0 Å². The Labute approximate surface area is 415 Å². The van der Waals surface area contributed by atoms with Crippen molar-refractivity contribution in [2.24, 2.45) is 0 Å². The van der Waals surface area contributed by atoms with E-state index in [4.69, 9.17) is 4.74 Å². The average Bonchev–Trinajstić information content (AvgIpc) is 3.85. The molecule has 0 N–H and O–H groups in total. The molecule has 0 aromatic heterocycles. The van der Waals surface area contributed by atoms with E-state index in [0.717, 1.165) is 67.5 Å². The molecule has 3 nitrogen and oxygen atoms in total. The Hall–Kier alpha value is -8.92. The number of fused-ring (bicyclic) bond motifs is 8. The van der Waals surface area contributed by atoms with E-state index in [1.54, 1.807) is 0 Å². The molecule has 0 fully saturated rings. The summed E-state index contributed by atoms with van der Waals surface area (Å²) in [7, 11) is 0. The van der Waals surface area contributed by atoms with Gasteiger partial charge in [0.1, 0.15) is 0 Å². The van der Waals surface area contributed by atoms with Crippen molar-refractivity contribution in [3.8, 4) is 44.9 Å². The second kappa shape index (κ2) is 15.8. The molecule has 0 saturated heterocycles. The highest BCUT2D eigenvalue weighted by Crippen LogP contribution is 2.60. The van der Waals surface area contributed by atoms with Crippen molar-refractivity contribution in [2.75, 3.05) is 9.80 Å². The van der Waals surface area contributed by atoms with Crippen LogP contribution in [0.3, 0.4) is 0 Å². The summed E-state index contributed by atoms with van der Waals surface area (Å²) in [4.78, 5) is 4.78. The standard InChI is InChI=1S/C68H48N2O/c1-67(2)58-34-17-15-30-52(58)54-40-38-50(43-60(54)67)70(51-39-41-55-53-31-16-18-35-59(53)68(61(55)44-51,46-22-7-3-8-23-46)47-24-9-4-10-25-47)63-42-37-45-21-19-32-56-57-33-20-36-62(65(57)71-66(63)64(45)56)69(48-26-11-5-12-27-48)49-28-13-6-14-29-49/h3-44H,1-2H3. The maximum atomic E-state index is 7.68. The van der Waals surface area contributed by atoms with Crippen molar-refractivity contribution in [3.63, 3.8) is 0 Å². The first kappa shape index (κ1) is 41.1.